The summed E-state index contributed by atoms with van der Waals surface area (Å²) in [6, 6.07) is 22.7. The van der Waals surface area contributed by atoms with Crippen LogP contribution >= 0.6 is 15.9 Å². The first-order valence-electron chi connectivity index (χ1n) is 7.81. The topological polar surface area (TPSA) is 67.4 Å². The highest BCUT2D eigenvalue weighted by atomic mass is 79.9. The smallest absolute Gasteiger partial charge is 0.409 e. The van der Waals surface area contributed by atoms with E-state index < -0.39 is 6.09 Å². The van der Waals surface area contributed by atoms with Gasteiger partial charge in [0.1, 0.15) is 5.75 Å². The fraction of sp³-hybridized carbons (Fsp3) is 0. The molecule has 2 N–H and O–H groups in total. The minimum absolute atomic E-state index is 0.176. The lowest BCUT2D eigenvalue weighted by molar-refractivity contribution is 0.102. The summed E-state index contributed by atoms with van der Waals surface area (Å²) in [5.74, 6) is -0.182. The highest BCUT2D eigenvalue weighted by Gasteiger charge is 2.15. The molecule has 0 unspecified atom stereocenters. The average molecular weight is 411 g/mol. The number of hydrogen-bond donors (Lipinski definition) is 2. The Kier molecular flexibility index (Phi) is 5.66. The standard InChI is InChI=1S/C20H15BrN2O3/c21-14-10-12-16(13-11-14)23-20(25)26-18-9-5-4-8-17(18)19(24)22-15-6-2-1-3-7-15/h1-13H,(H,22,24)(H,23,25). The van der Waals surface area contributed by atoms with Gasteiger partial charge in [-0.2, -0.15) is 0 Å². The van der Waals surface area contributed by atoms with Crippen molar-refractivity contribution in [2.45, 2.75) is 0 Å². The summed E-state index contributed by atoms with van der Waals surface area (Å²) < 4.78 is 6.22. The van der Waals surface area contributed by atoms with Crippen LogP contribution < -0.4 is 15.4 Å². The highest BCUT2D eigenvalue weighted by Crippen LogP contribution is 2.21. The van der Waals surface area contributed by atoms with Crippen LogP contribution in [0.4, 0.5) is 16.2 Å². The number of rotatable bonds is 4. The zero-order valence-corrected chi connectivity index (χ0v) is 15.2. The molecule has 2 amide bonds. The SMILES string of the molecule is O=C(Nc1ccc(Br)cc1)Oc1ccccc1C(=O)Nc1ccccc1. The van der Waals surface area contributed by atoms with E-state index >= 15 is 0 Å². The van der Waals surface area contributed by atoms with Gasteiger partial charge in [-0.05, 0) is 48.5 Å². The molecule has 0 atom stereocenters. The third-order valence-corrected chi connectivity index (χ3v) is 3.99. The van der Waals surface area contributed by atoms with E-state index in [9.17, 15) is 9.59 Å². The van der Waals surface area contributed by atoms with E-state index in [1.165, 1.54) is 0 Å². The third-order valence-electron chi connectivity index (χ3n) is 3.46. The molecule has 3 aromatic carbocycles. The monoisotopic (exact) mass is 410 g/mol. The number of ether oxygens (including phenoxy) is 1. The number of nitrogens with one attached hydrogen (secondary N) is 2. The first kappa shape index (κ1) is 17.7. The lowest BCUT2D eigenvalue weighted by Crippen LogP contribution is -2.19. The van der Waals surface area contributed by atoms with Gasteiger partial charge in [0.15, 0.2) is 0 Å². The number of carbonyl (C=O) groups is 2. The molecule has 0 spiro atoms. The van der Waals surface area contributed by atoms with Crippen molar-refractivity contribution in [1.82, 2.24) is 0 Å². The Balaban J connectivity index is 1.71. The first-order chi connectivity index (χ1) is 12.6. The molecule has 5 nitrogen and oxygen atoms in total. The van der Waals surface area contributed by atoms with Gasteiger partial charge in [-0.25, -0.2) is 4.79 Å². The molecule has 0 saturated carbocycles. The summed E-state index contributed by atoms with van der Waals surface area (Å²) in [4.78, 5) is 24.6. The number of amides is 2. The van der Waals surface area contributed by atoms with Gasteiger partial charge in [-0.3, -0.25) is 10.1 Å². The predicted octanol–water partition coefficient (Wildman–Crippen LogP) is 5.31. The zero-order chi connectivity index (χ0) is 18.4. The number of benzene rings is 3. The molecule has 0 aliphatic carbocycles. The van der Waals surface area contributed by atoms with Crippen LogP contribution in [0.2, 0.25) is 0 Å². The van der Waals surface area contributed by atoms with E-state index in [1.807, 2.05) is 18.2 Å². The van der Waals surface area contributed by atoms with Gasteiger partial charge in [0.05, 0.1) is 5.56 Å². The number of hydrogen-bond acceptors (Lipinski definition) is 3. The van der Waals surface area contributed by atoms with Crippen molar-refractivity contribution in [2.24, 2.45) is 0 Å². The van der Waals surface area contributed by atoms with Gasteiger partial charge in [-0.1, -0.05) is 46.3 Å². The minimum atomic E-state index is -0.674. The maximum atomic E-state index is 12.5. The Labute approximate surface area is 159 Å². The highest BCUT2D eigenvalue weighted by molar-refractivity contribution is 9.10. The van der Waals surface area contributed by atoms with Crippen LogP contribution in [0.3, 0.4) is 0 Å². The van der Waals surface area contributed by atoms with Crippen molar-refractivity contribution < 1.29 is 14.3 Å². The Morgan fingerprint density at radius 2 is 1.35 bits per heavy atom. The molecule has 0 aromatic heterocycles. The van der Waals surface area contributed by atoms with Crippen LogP contribution in [0, 0.1) is 0 Å². The van der Waals surface area contributed by atoms with E-state index in [0.717, 1.165) is 4.47 Å². The molecule has 0 aliphatic rings. The van der Waals surface area contributed by atoms with Crippen LogP contribution in [-0.2, 0) is 0 Å². The molecule has 3 aromatic rings. The fourth-order valence-corrected chi connectivity index (χ4v) is 2.50. The summed E-state index contributed by atoms with van der Waals surface area (Å²) in [5, 5.41) is 5.39. The van der Waals surface area contributed by atoms with Crippen molar-refractivity contribution >= 4 is 39.3 Å². The maximum absolute atomic E-state index is 12.5. The molecule has 26 heavy (non-hydrogen) atoms. The van der Waals surface area contributed by atoms with Gasteiger partial charge >= 0.3 is 6.09 Å². The van der Waals surface area contributed by atoms with E-state index in [-0.39, 0.29) is 17.2 Å². The van der Waals surface area contributed by atoms with Gasteiger partial charge in [0, 0.05) is 15.8 Å². The molecule has 0 radical (unpaired) electrons. The summed E-state index contributed by atoms with van der Waals surface area (Å²) in [7, 11) is 0. The number of anilines is 2. The molecule has 0 heterocycles. The lowest BCUT2D eigenvalue weighted by Gasteiger charge is -2.11. The Hall–Kier alpha value is -3.12. The van der Waals surface area contributed by atoms with Crippen molar-refractivity contribution in [3.05, 3.63) is 88.9 Å². The predicted molar refractivity (Wildman–Crippen MR) is 105 cm³/mol. The van der Waals surface area contributed by atoms with Crippen LogP contribution in [0.5, 0.6) is 5.75 Å². The molecule has 6 heteroatoms. The van der Waals surface area contributed by atoms with Crippen molar-refractivity contribution in [3.63, 3.8) is 0 Å². The summed E-state index contributed by atoms with van der Waals surface area (Å²) in [5.41, 5.74) is 1.51. The van der Waals surface area contributed by atoms with Crippen LogP contribution in [0.15, 0.2) is 83.3 Å². The molecule has 0 fully saturated rings. The molecular formula is C20H15BrN2O3. The van der Waals surface area contributed by atoms with Gasteiger partial charge in [0.25, 0.3) is 5.91 Å². The van der Waals surface area contributed by atoms with Gasteiger partial charge in [0.2, 0.25) is 0 Å². The second kappa shape index (κ2) is 8.31. The average Bonchev–Trinajstić information content (AvgIpc) is 2.65. The Morgan fingerprint density at radius 1 is 0.731 bits per heavy atom. The molecular weight excluding hydrogens is 396 g/mol. The lowest BCUT2D eigenvalue weighted by atomic mass is 10.2. The number of halogens is 1. The quantitative estimate of drug-likeness (QED) is 0.611. The van der Waals surface area contributed by atoms with E-state index in [4.69, 9.17) is 4.74 Å². The van der Waals surface area contributed by atoms with Gasteiger partial charge in [-0.15, -0.1) is 0 Å². The number of para-hydroxylation sites is 2. The summed E-state index contributed by atoms with van der Waals surface area (Å²) in [6.07, 6.45) is -0.674. The van der Waals surface area contributed by atoms with Crippen LogP contribution in [0.25, 0.3) is 0 Å². The van der Waals surface area contributed by atoms with Crippen molar-refractivity contribution in [1.29, 1.82) is 0 Å². The third kappa shape index (κ3) is 4.70. The van der Waals surface area contributed by atoms with Crippen LogP contribution in [0.1, 0.15) is 10.4 Å². The molecule has 0 saturated heterocycles. The molecule has 130 valence electrons. The Morgan fingerprint density at radius 3 is 2.08 bits per heavy atom. The summed E-state index contributed by atoms with van der Waals surface area (Å²) >= 11 is 3.33. The minimum Gasteiger partial charge on any atom is -0.409 e. The van der Waals surface area contributed by atoms with Gasteiger partial charge < -0.3 is 10.1 Å². The normalized spacial score (nSPS) is 10.0. The molecule has 3 rings (SSSR count). The second-order valence-corrected chi connectivity index (χ2v) is 6.25. The largest absolute Gasteiger partial charge is 0.417 e. The van der Waals surface area contributed by atoms with E-state index in [0.29, 0.717) is 11.4 Å². The van der Waals surface area contributed by atoms with Crippen molar-refractivity contribution in [3.8, 4) is 5.75 Å². The zero-order valence-electron chi connectivity index (χ0n) is 13.6. The first-order valence-corrected chi connectivity index (χ1v) is 8.61. The molecule has 0 aliphatic heterocycles. The van der Waals surface area contributed by atoms with E-state index in [2.05, 4.69) is 26.6 Å². The fourth-order valence-electron chi connectivity index (χ4n) is 2.24. The van der Waals surface area contributed by atoms with E-state index in [1.54, 1.807) is 60.7 Å². The number of carbonyl (C=O) groups excluding carboxylic acids is 2. The maximum Gasteiger partial charge on any atom is 0.417 e. The van der Waals surface area contributed by atoms with Crippen molar-refractivity contribution in [2.75, 3.05) is 10.6 Å². The summed E-state index contributed by atoms with van der Waals surface area (Å²) in [6.45, 7) is 0. The second-order valence-electron chi connectivity index (χ2n) is 5.34. The molecule has 0 bridgehead atoms. The Bertz CT molecular complexity index is 912. The van der Waals surface area contributed by atoms with Crippen LogP contribution in [-0.4, -0.2) is 12.0 Å².